The summed E-state index contributed by atoms with van der Waals surface area (Å²) in [6, 6.07) is -0.425. The van der Waals surface area contributed by atoms with Crippen LogP contribution < -0.4 is 4.90 Å². The van der Waals surface area contributed by atoms with Crippen molar-refractivity contribution in [3.63, 3.8) is 0 Å². The summed E-state index contributed by atoms with van der Waals surface area (Å²) in [5.41, 5.74) is 0. The van der Waals surface area contributed by atoms with Gasteiger partial charge >= 0.3 is 5.97 Å². The Morgan fingerprint density at radius 2 is 2.41 bits per heavy atom. The van der Waals surface area contributed by atoms with Crippen molar-refractivity contribution in [1.29, 1.82) is 0 Å². The van der Waals surface area contributed by atoms with Crippen LogP contribution in [0.4, 0.5) is 5.13 Å². The highest BCUT2D eigenvalue weighted by Crippen LogP contribution is 2.26. The molecule has 2 rings (SSSR count). The SMILES string of the molecule is CCCc1nsc(N2CCCCC2C(=O)O)n1. The molecule has 1 atom stereocenters. The Kier molecular flexibility index (Phi) is 3.93. The molecule has 0 bridgehead atoms. The molecule has 1 N–H and O–H groups in total. The molecule has 0 aliphatic carbocycles. The molecule has 5 nitrogen and oxygen atoms in total. The number of aromatic nitrogens is 2. The summed E-state index contributed by atoms with van der Waals surface area (Å²) >= 11 is 1.32. The lowest BCUT2D eigenvalue weighted by Gasteiger charge is -2.32. The number of piperidine rings is 1. The van der Waals surface area contributed by atoms with E-state index < -0.39 is 12.0 Å². The summed E-state index contributed by atoms with van der Waals surface area (Å²) in [5.74, 6) is 0.0825. The quantitative estimate of drug-likeness (QED) is 0.890. The van der Waals surface area contributed by atoms with Crippen molar-refractivity contribution in [1.82, 2.24) is 9.36 Å². The lowest BCUT2D eigenvalue weighted by molar-refractivity contribution is -0.139. The monoisotopic (exact) mass is 255 g/mol. The Bertz CT molecular complexity index is 394. The summed E-state index contributed by atoms with van der Waals surface area (Å²) in [6.45, 7) is 2.86. The second-order valence-electron chi connectivity index (χ2n) is 4.29. The Morgan fingerprint density at radius 1 is 1.59 bits per heavy atom. The van der Waals surface area contributed by atoms with Crippen molar-refractivity contribution in [2.24, 2.45) is 0 Å². The van der Waals surface area contributed by atoms with Crippen molar-refractivity contribution in [3.8, 4) is 0 Å². The maximum atomic E-state index is 11.2. The molecule has 0 saturated carbocycles. The van der Waals surface area contributed by atoms with Gasteiger partial charge in [-0.15, -0.1) is 0 Å². The minimum Gasteiger partial charge on any atom is -0.480 e. The van der Waals surface area contributed by atoms with Gasteiger partial charge in [-0.1, -0.05) is 6.92 Å². The number of carboxylic acid groups (broad SMARTS) is 1. The number of rotatable bonds is 4. The molecule has 1 fully saturated rings. The molecule has 1 unspecified atom stereocenters. The first-order valence-electron chi connectivity index (χ1n) is 6.04. The fraction of sp³-hybridized carbons (Fsp3) is 0.727. The Hall–Kier alpha value is -1.17. The summed E-state index contributed by atoms with van der Waals surface area (Å²) < 4.78 is 4.27. The zero-order valence-electron chi connectivity index (χ0n) is 9.93. The average molecular weight is 255 g/mol. The molecule has 1 saturated heterocycles. The van der Waals surface area contributed by atoms with Crippen LogP contribution in [0.25, 0.3) is 0 Å². The molecule has 17 heavy (non-hydrogen) atoms. The third kappa shape index (κ3) is 2.74. The van der Waals surface area contributed by atoms with Crippen molar-refractivity contribution >= 4 is 22.6 Å². The van der Waals surface area contributed by atoms with Gasteiger partial charge in [0.05, 0.1) is 0 Å². The predicted octanol–water partition coefficient (Wildman–Crippen LogP) is 1.93. The number of hydrogen-bond donors (Lipinski definition) is 1. The molecule has 0 amide bonds. The lowest BCUT2D eigenvalue weighted by atomic mass is 10.0. The molecule has 0 radical (unpaired) electrons. The van der Waals surface area contributed by atoms with Gasteiger partial charge in [-0.05, 0) is 25.7 Å². The molecule has 94 valence electrons. The zero-order valence-corrected chi connectivity index (χ0v) is 10.7. The standard InChI is InChI=1S/C11H17N3O2S/c1-2-5-9-12-11(17-13-9)14-7-4-3-6-8(14)10(15)16/h8H,2-7H2,1H3,(H,15,16). The molecule has 0 aromatic carbocycles. The number of anilines is 1. The first-order valence-corrected chi connectivity index (χ1v) is 6.81. The van der Waals surface area contributed by atoms with Crippen LogP contribution in [0.15, 0.2) is 0 Å². The number of hydrogen-bond acceptors (Lipinski definition) is 5. The second-order valence-corrected chi connectivity index (χ2v) is 5.02. The van der Waals surface area contributed by atoms with E-state index in [0.29, 0.717) is 6.42 Å². The molecule has 1 aliphatic heterocycles. The number of aryl methyl sites for hydroxylation is 1. The summed E-state index contributed by atoms with van der Waals surface area (Å²) in [5, 5.41) is 9.96. The van der Waals surface area contributed by atoms with Gasteiger partial charge < -0.3 is 10.0 Å². The fourth-order valence-electron chi connectivity index (χ4n) is 2.10. The molecule has 6 heteroatoms. The number of aliphatic carboxylic acids is 1. The van der Waals surface area contributed by atoms with Crippen LogP contribution in [0.5, 0.6) is 0 Å². The van der Waals surface area contributed by atoms with Crippen molar-refractivity contribution in [2.75, 3.05) is 11.4 Å². The minimum atomic E-state index is -0.753. The zero-order chi connectivity index (χ0) is 12.3. The van der Waals surface area contributed by atoms with Crippen LogP contribution in [-0.4, -0.2) is 33.0 Å². The van der Waals surface area contributed by atoms with Gasteiger partial charge in [-0.25, -0.2) is 9.78 Å². The van der Waals surface area contributed by atoms with E-state index in [1.165, 1.54) is 11.5 Å². The highest BCUT2D eigenvalue weighted by Gasteiger charge is 2.30. The highest BCUT2D eigenvalue weighted by molar-refractivity contribution is 7.09. The third-order valence-corrected chi connectivity index (χ3v) is 3.76. The van der Waals surface area contributed by atoms with Crippen LogP contribution in [0.2, 0.25) is 0 Å². The fourth-order valence-corrected chi connectivity index (χ4v) is 2.89. The maximum Gasteiger partial charge on any atom is 0.326 e. The van der Waals surface area contributed by atoms with E-state index in [-0.39, 0.29) is 0 Å². The molecule has 1 aromatic rings. The molecule has 2 heterocycles. The van der Waals surface area contributed by atoms with E-state index in [9.17, 15) is 9.90 Å². The van der Waals surface area contributed by atoms with Crippen molar-refractivity contribution in [2.45, 2.75) is 45.1 Å². The van der Waals surface area contributed by atoms with Crippen LogP contribution in [0.1, 0.15) is 38.4 Å². The largest absolute Gasteiger partial charge is 0.480 e. The van der Waals surface area contributed by atoms with Gasteiger partial charge in [0.15, 0.2) is 0 Å². The Morgan fingerprint density at radius 3 is 3.12 bits per heavy atom. The summed E-state index contributed by atoms with van der Waals surface area (Å²) in [6.07, 6.45) is 4.60. The summed E-state index contributed by atoms with van der Waals surface area (Å²) in [7, 11) is 0. The maximum absolute atomic E-state index is 11.2. The van der Waals surface area contributed by atoms with E-state index in [1.54, 1.807) is 0 Å². The van der Waals surface area contributed by atoms with Gasteiger partial charge in [-0.2, -0.15) is 4.37 Å². The van der Waals surface area contributed by atoms with Crippen LogP contribution in [0.3, 0.4) is 0 Å². The van der Waals surface area contributed by atoms with E-state index in [0.717, 1.165) is 43.2 Å². The Labute approximate surface area is 105 Å². The van der Waals surface area contributed by atoms with E-state index in [1.807, 2.05) is 4.90 Å². The van der Waals surface area contributed by atoms with E-state index in [4.69, 9.17) is 0 Å². The van der Waals surface area contributed by atoms with Gasteiger partial charge in [0.1, 0.15) is 11.9 Å². The first kappa shape index (κ1) is 12.3. The smallest absolute Gasteiger partial charge is 0.326 e. The van der Waals surface area contributed by atoms with E-state index >= 15 is 0 Å². The number of carbonyl (C=O) groups is 1. The molecule has 0 spiro atoms. The Balaban J connectivity index is 2.14. The van der Waals surface area contributed by atoms with Gasteiger partial charge in [0, 0.05) is 24.5 Å². The molecular formula is C11H17N3O2S. The predicted molar refractivity (Wildman–Crippen MR) is 66.5 cm³/mol. The molecule has 1 aromatic heterocycles. The van der Waals surface area contributed by atoms with Crippen molar-refractivity contribution < 1.29 is 9.90 Å². The minimum absolute atomic E-state index is 0.425. The topological polar surface area (TPSA) is 66.3 Å². The third-order valence-electron chi connectivity index (χ3n) is 2.96. The number of carboxylic acids is 1. The van der Waals surface area contributed by atoms with Crippen LogP contribution in [0, 0.1) is 0 Å². The first-order chi connectivity index (χ1) is 8.22. The highest BCUT2D eigenvalue weighted by atomic mass is 32.1. The van der Waals surface area contributed by atoms with Crippen LogP contribution >= 0.6 is 11.5 Å². The molecular weight excluding hydrogens is 238 g/mol. The normalized spacial score (nSPS) is 20.5. The van der Waals surface area contributed by atoms with Gasteiger partial charge in [0.2, 0.25) is 5.13 Å². The lowest BCUT2D eigenvalue weighted by Crippen LogP contribution is -2.44. The van der Waals surface area contributed by atoms with E-state index in [2.05, 4.69) is 16.3 Å². The molecule has 1 aliphatic rings. The van der Waals surface area contributed by atoms with Crippen molar-refractivity contribution in [3.05, 3.63) is 5.82 Å². The summed E-state index contributed by atoms with van der Waals surface area (Å²) in [4.78, 5) is 17.5. The van der Waals surface area contributed by atoms with Gasteiger partial charge in [0.25, 0.3) is 0 Å². The van der Waals surface area contributed by atoms with Gasteiger partial charge in [-0.3, -0.25) is 0 Å². The average Bonchev–Trinajstić information content (AvgIpc) is 2.78. The second kappa shape index (κ2) is 5.44. The number of nitrogens with zero attached hydrogens (tertiary/aromatic N) is 3. The van der Waals surface area contributed by atoms with Crippen LogP contribution in [-0.2, 0) is 11.2 Å².